The Labute approximate surface area is 94.0 Å². The van der Waals surface area contributed by atoms with E-state index in [1.54, 1.807) is 0 Å². The van der Waals surface area contributed by atoms with Gasteiger partial charge >= 0.3 is 5.91 Å². The zero-order valence-electron chi connectivity index (χ0n) is 9.07. The maximum Gasteiger partial charge on any atom is 0.533 e. The molecule has 0 unspecified atom stereocenters. The SMILES string of the molecule is C#[N+]C(=O)CNC(=O)CCCCCC(N)=O. The van der Waals surface area contributed by atoms with Gasteiger partial charge in [0.2, 0.25) is 11.8 Å². The number of primary amides is 1. The van der Waals surface area contributed by atoms with Gasteiger partial charge in [-0.1, -0.05) is 6.42 Å². The molecule has 3 amide bonds. The van der Waals surface area contributed by atoms with Gasteiger partial charge in [0.05, 0.1) is 0 Å². The number of hydrogen-bond acceptors (Lipinski definition) is 3. The molecule has 0 saturated carbocycles. The highest BCUT2D eigenvalue weighted by Gasteiger charge is 2.11. The molecule has 0 aliphatic carbocycles. The van der Waals surface area contributed by atoms with Gasteiger partial charge in [-0.15, -0.1) is 0 Å². The van der Waals surface area contributed by atoms with E-state index in [2.05, 4.69) is 10.2 Å². The first kappa shape index (κ1) is 14.1. The summed E-state index contributed by atoms with van der Waals surface area (Å²) in [6, 6.07) is 0. The van der Waals surface area contributed by atoms with Crippen LogP contribution in [0.5, 0.6) is 0 Å². The summed E-state index contributed by atoms with van der Waals surface area (Å²) in [5.74, 6) is -1.13. The Morgan fingerprint density at radius 2 is 1.75 bits per heavy atom. The van der Waals surface area contributed by atoms with Crippen molar-refractivity contribution in [1.29, 1.82) is 0 Å². The van der Waals surface area contributed by atoms with Gasteiger partial charge in [0.25, 0.3) is 6.57 Å². The molecule has 88 valence electrons. The summed E-state index contributed by atoms with van der Waals surface area (Å²) in [7, 11) is 0. The van der Waals surface area contributed by atoms with E-state index in [9.17, 15) is 14.4 Å². The van der Waals surface area contributed by atoms with Gasteiger partial charge in [0.15, 0.2) is 6.54 Å². The third-order valence-electron chi connectivity index (χ3n) is 1.91. The molecule has 0 atom stereocenters. The number of carbonyl (C=O) groups excluding carboxylic acids is 3. The van der Waals surface area contributed by atoms with Crippen LogP contribution in [-0.4, -0.2) is 24.3 Å². The highest BCUT2D eigenvalue weighted by molar-refractivity contribution is 5.91. The van der Waals surface area contributed by atoms with Crippen LogP contribution in [0.15, 0.2) is 0 Å². The maximum atomic E-state index is 11.1. The van der Waals surface area contributed by atoms with Crippen molar-refractivity contribution in [3.63, 3.8) is 0 Å². The number of amides is 3. The molecular formula is C10H16N3O3+. The molecule has 0 bridgehead atoms. The second-order valence-corrected chi connectivity index (χ2v) is 3.33. The zero-order valence-corrected chi connectivity index (χ0v) is 9.07. The average molecular weight is 226 g/mol. The number of carbonyl (C=O) groups is 3. The molecule has 6 nitrogen and oxygen atoms in total. The number of nitrogens with two attached hydrogens (primary N) is 1. The topological polar surface area (TPSA) is 93.6 Å². The summed E-state index contributed by atoms with van der Waals surface area (Å²) in [6.45, 7) is 4.54. The van der Waals surface area contributed by atoms with E-state index in [1.807, 2.05) is 0 Å². The first-order valence-corrected chi connectivity index (χ1v) is 5.05. The Balaban J connectivity index is 3.41. The molecule has 0 aliphatic rings. The first-order chi connectivity index (χ1) is 7.56. The van der Waals surface area contributed by atoms with Gasteiger partial charge in [-0.3, -0.25) is 9.59 Å². The molecule has 0 aromatic rings. The van der Waals surface area contributed by atoms with Crippen molar-refractivity contribution in [1.82, 2.24) is 5.32 Å². The number of nitrogens with zero attached hydrogens (tertiary/aromatic N) is 1. The summed E-state index contributed by atoms with van der Waals surface area (Å²) in [6.07, 6.45) is 2.75. The standard InChI is InChI=1S/C10H15N3O3/c1-12-10(16)7-13-9(15)6-4-2-3-5-8(11)14/h1H,2-7H2,(H2-,11,13,14,15)/p+1. The van der Waals surface area contributed by atoms with Crippen molar-refractivity contribution < 1.29 is 14.4 Å². The molecular weight excluding hydrogens is 210 g/mol. The fourth-order valence-electron chi connectivity index (χ4n) is 1.07. The van der Waals surface area contributed by atoms with Gasteiger partial charge in [-0.2, -0.15) is 4.79 Å². The second kappa shape index (κ2) is 8.41. The van der Waals surface area contributed by atoms with Gasteiger partial charge < -0.3 is 11.1 Å². The van der Waals surface area contributed by atoms with E-state index in [-0.39, 0.29) is 18.4 Å². The van der Waals surface area contributed by atoms with Crippen molar-refractivity contribution in [2.75, 3.05) is 6.54 Å². The zero-order chi connectivity index (χ0) is 12.4. The predicted molar refractivity (Wildman–Crippen MR) is 58.6 cm³/mol. The van der Waals surface area contributed by atoms with Gasteiger partial charge in [0, 0.05) is 17.7 Å². The van der Waals surface area contributed by atoms with Gasteiger partial charge in [-0.25, -0.2) is 0 Å². The van der Waals surface area contributed by atoms with E-state index < -0.39 is 5.91 Å². The van der Waals surface area contributed by atoms with Crippen LogP contribution in [-0.2, 0) is 14.4 Å². The van der Waals surface area contributed by atoms with Crippen LogP contribution in [0.1, 0.15) is 32.1 Å². The van der Waals surface area contributed by atoms with Crippen LogP contribution < -0.4 is 11.1 Å². The molecule has 0 fully saturated rings. The summed E-state index contributed by atoms with van der Waals surface area (Å²) in [5, 5.41) is 2.38. The summed E-state index contributed by atoms with van der Waals surface area (Å²) >= 11 is 0. The Morgan fingerprint density at radius 1 is 1.12 bits per heavy atom. The number of rotatable bonds is 8. The minimum Gasteiger partial charge on any atom is -0.370 e. The number of hydrogen-bond donors (Lipinski definition) is 2. The number of nitrogens with one attached hydrogen (secondary N) is 1. The van der Waals surface area contributed by atoms with Crippen molar-refractivity contribution in [2.24, 2.45) is 5.73 Å². The minimum absolute atomic E-state index is 0.170. The highest BCUT2D eigenvalue weighted by Crippen LogP contribution is 2.02. The van der Waals surface area contributed by atoms with E-state index in [4.69, 9.17) is 12.3 Å². The summed E-state index contributed by atoms with van der Waals surface area (Å²) < 4.78 is 0. The molecule has 16 heavy (non-hydrogen) atoms. The molecule has 6 heteroatoms. The Hall–Kier alpha value is -1.90. The lowest BCUT2D eigenvalue weighted by Crippen LogP contribution is -2.27. The minimum atomic E-state index is -0.568. The fourth-order valence-corrected chi connectivity index (χ4v) is 1.07. The van der Waals surface area contributed by atoms with Crippen LogP contribution in [0.2, 0.25) is 0 Å². The summed E-state index contributed by atoms with van der Waals surface area (Å²) in [4.78, 5) is 35.0. The lowest BCUT2D eigenvalue weighted by molar-refractivity contribution is -0.123. The quantitative estimate of drug-likeness (QED) is 0.571. The second-order valence-electron chi connectivity index (χ2n) is 3.33. The Morgan fingerprint density at radius 3 is 2.31 bits per heavy atom. The largest absolute Gasteiger partial charge is 0.533 e. The van der Waals surface area contributed by atoms with Crippen molar-refractivity contribution in [3.05, 3.63) is 4.85 Å². The van der Waals surface area contributed by atoms with Gasteiger partial charge in [0.1, 0.15) is 0 Å². The lowest BCUT2D eigenvalue weighted by atomic mass is 10.1. The van der Waals surface area contributed by atoms with Crippen LogP contribution in [0.4, 0.5) is 0 Å². The van der Waals surface area contributed by atoms with Crippen molar-refractivity contribution >= 4 is 17.7 Å². The molecule has 3 N–H and O–H groups in total. The van der Waals surface area contributed by atoms with Crippen LogP contribution >= 0.6 is 0 Å². The van der Waals surface area contributed by atoms with Crippen LogP contribution in [0.3, 0.4) is 0 Å². The fraction of sp³-hybridized carbons (Fsp3) is 0.600. The van der Waals surface area contributed by atoms with E-state index in [0.29, 0.717) is 25.7 Å². The third kappa shape index (κ3) is 8.69. The molecule has 0 aliphatic heterocycles. The Kier molecular flexibility index (Phi) is 7.41. The van der Waals surface area contributed by atoms with Crippen molar-refractivity contribution in [3.8, 4) is 6.57 Å². The van der Waals surface area contributed by atoms with E-state index in [0.717, 1.165) is 6.42 Å². The van der Waals surface area contributed by atoms with Crippen LogP contribution in [0.25, 0.3) is 4.85 Å². The van der Waals surface area contributed by atoms with E-state index in [1.165, 1.54) is 0 Å². The number of unbranched alkanes of at least 4 members (excludes halogenated alkanes) is 2. The first-order valence-electron chi connectivity index (χ1n) is 5.05. The highest BCUT2D eigenvalue weighted by atomic mass is 16.2. The monoisotopic (exact) mass is 226 g/mol. The molecule has 0 saturated heterocycles. The van der Waals surface area contributed by atoms with Crippen LogP contribution in [0, 0.1) is 6.57 Å². The van der Waals surface area contributed by atoms with Crippen molar-refractivity contribution in [2.45, 2.75) is 32.1 Å². The van der Waals surface area contributed by atoms with E-state index >= 15 is 0 Å². The lowest BCUT2D eigenvalue weighted by Gasteiger charge is -2.00. The average Bonchev–Trinajstić information content (AvgIpc) is 2.24. The molecule has 0 rings (SSSR count). The molecule has 0 radical (unpaired) electrons. The molecule has 0 aromatic carbocycles. The Bertz CT molecular complexity index is 307. The predicted octanol–water partition coefficient (Wildman–Crippen LogP) is 0.0277. The summed E-state index contributed by atoms with van der Waals surface area (Å²) in [5.41, 5.74) is 4.95. The van der Waals surface area contributed by atoms with Gasteiger partial charge in [-0.05, 0) is 12.8 Å². The smallest absolute Gasteiger partial charge is 0.370 e. The molecule has 0 heterocycles. The third-order valence-corrected chi connectivity index (χ3v) is 1.91. The maximum absolute atomic E-state index is 11.1. The molecule has 0 spiro atoms. The molecule has 0 aromatic heterocycles. The normalized spacial score (nSPS) is 9.19.